The molecule has 4 rings (SSSR count). The van der Waals surface area contributed by atoms with Crippen molar-refractivity contribution in [2.45, 2.75) is 18.9 Å². The molecule has 0 aliphatic carbocycles. The number of morpholine rings is 1. The summed E-state index contributed by atoms with van der Waals surface area (Å²) in [4.78, 5) is 22.2. The lowest BCUT2D eigenvalue weighted by Crippen LogP contribution is -2.43. The van der Waals surface area contributed by atoms with Crippen LogP contribution in [-0.4, -0.2) is 79.6 Å². The fourth-order valence-electron chi connectivity index (χ4n) is 3.61. The second-order valence-corrected chi connectivity index (χ2v) is 7.03. The Morgan fingerprint density at radius 3 is 2.72 bits per heavy atom. The minimum atomic E-state index is 0.253. The molecule has 4 heterocycles. The molecule has 29 heavy (non-hydrogen) atoms. The molecule has 0 saturated carbocycles. The highest BCUT2D eigenvalue weighted by Crippen LogP contribution is 2.25. The largest absolute Gasteiger partial charge is 0.481 e. The van der Waals surface area contributed by atoms with E-state index in [0.717, 1.165) is 56.6 Å². The van der Waals surface area contributed by atoms with E-state index < -0.39 is 0 Å². The van der Waals surface area contributed by atoms with Gasteiger partial charge in [-0.15, -0.1) is 0 Å². The number of nitrogens with zero attached hydrogens (tertiary/aromatic N) is 6. The minimum Gasteiger partial charge on any atom is -0.481 e. The first-order chi connectivity index (χ1) is 14.2. The van der Waals surface area contributed by atoms with E-state index in [9.17, 15) is 0 Å². The van der Waals surface area contributed by atoms with E-state index in [2.05, 4.69) is 30.1 Å². The molecular formula is C19H27N7O3. The average molecular weight is 401 g/mol. The van der Waals surface area contributed by atoms with Crippen LogP contribution < -0.4 is 24.6 Å². The van der Waals surface area contributed by atoms with Crippen molar-refractivity contribution in [1.82, 2.24) is 19.9 Å². The van der Waals surface area contributed by atoms with Crippen LogP contribution in [0.3, 0.4) is 0 Å². The number of hydrogen-bond acceptors (Lipinski definition) is 10. The maximum atomic E-state index is 5.41. The standard InChI is InChI=1S/C19H27N7O3/c1-27-17-12-16(23-19(24-17)28-2)26-7-3-4-14(13-26)21-15-5-6-20-18(22-15)25-8-10-29-11-9-25/h5-6,12,14H,3-4,7-11,13H2,1-2H3,(H,20,21,22). The average Bonchev–Trinajstić information content (AvgIpc) is 2.79. The van der Waals surface area contributed by atoms with Gasteiger partial charge in [0.25, 0.3) is 0 Å². The highest BCUT2D eigenvalue weighted by Gasteiger charge is 2.23. The Hall–Kier alpha value is -2.88. The predicted octanol–water partition coefficient (Wildman–Crippen LogP) is 1.20. The third kappa shape index (κ3) is 4.76. The van der Waals surface area contributed by atoms with E-state index in [0.29, 0.717) is 25.1 Å². The summed E-state index contributed by atoms with van der Waals surface area (Å²) in [6.45, 7) is 4.79. The van der Waals surface area contributed by atoms with Gasteiger partial charge in [-0.25, -0.2) is 4.98 Å². The van der Waals surface area contributed by atoms with Crippen molar-refractivity contribution in [3.63, 3.8) is 0 Å². The Morgan fingerprint density at radius 1 is 1.07 bits per heavy atom. The fraction of sp³-hybridized carbons (Fsp3) is 0.579. The summed E-state index contributed by atoms with van der Waals surface area (Å²) in [5.74, 6) is 2.88. The number of piperidine rings is 1. The van der Waals surface area contributed by atoms with Crippen molar-refractivity contribution in [3.8, 4) is 11.9 Å². The van der Waals surface area contributed by atoms with Gasteiger partial charge in [-0.3, -0.25) is 0 Å². The third-order valence-electron chi connectivity index (χ3n) is 5.09. The molecule has 0 radical (unpaired) electrons. The summed E-state index contributed by atoms with van der Waals surface area (Å²) in [5, 5.41) is 3.56. The third-order valence-corrected chi connectivity index (χ3v) is 5.09. The molecule has 1 N–H and O–H groups in total. The molecule has 10 heteroatoms. The van der Waals surface area contributed by atoms with Crippen LogP contribution in [0, 0.1) is 0 Å². The quantitative estimate of drug-likeness (QED) is 0.760. The normalized spacial score (nSPS) is 19.7. The zero-order valence-corrected chi connectivity index (χ0v) is 16.9. The van der Waals surface area contributed by atoms with Gasteiger partial charge in [-0.05, 0) is 18.9 Å². The maximum absolute atomic E-state index is 5.41. The topological polar surface area (TPSA) is 97.8 Å². The Balaban J connectivity index is 1.44. The van der Waals surface area contributed by atoms with Gasteiger partial charge in [-0.2, -0.15) is 15.0 Å². The van der Waals surface area contributed by atoms with Crippen LogP contribution in [0.25, 0.3) is 0 Å². The van der Waals surface area contributed by atoms with Crippen molar-refractivity contribution < 1.29 is 14.2 Å². The Kier molecular flexibility index (Phi) is 6.09. The molecule has 2 aliphatic rings. The number of nitrogens with one attached hydrogen (secondary N) is 1. The van der Waals surface area contributed by atoms with E-state index in [1.54, 1.807) is 20.4 Å². The molecule has 2 aliphatic heterocycles. The number of methoxy groups -OCH3 is 2. The molecule has 2 aromatic rings. The van der Waals surface area contributed by atoms with E-state index in [1.165, 1.54) is 0 Å². The Bertz CT molecular complexity index is 794. The van der Waals surface area contributed by atoms with Crippen LogP contribution in [-0.2, 0) is 4.74 Å². The minimum absolute atomic E-state index is 0.253. The van der Waals surface area contributed by atoms with Gasteiger partial charge in [0.05, 0.1) is 27.4 Å². The highest BCUT2D eigenvalue weighted by molar-refractivity contribution is 5.46. The van der Waals surface area contributed by atoms with Gasteiger partial charge < -0.3 is 29.3 Å². The maximum Gasteiger partial charge on any atom is 0.321 e. The summed E-state index contributed by atoms with van der Waals surface area (Å²) < 4.78 is 15.9. The number of anilines is 3. The van der Waals surface area contributed by atoms with E-state index in [1.807, 2.05) is 12.1 Å². The van der Waals surface area contributed by atoms with Gasteiger partial charge in [0.15, 0.2) is 0 Å². The van der Waals surface area contributed by atoms with E-state index in [4.69, 9.17) is 19.2 Å². The summed E-state index contributed by atoms with van der Waals surface area (Å²) in [5.41, 5.74) is 0. The first kappa shape index (κ1) is 19.4. The zero-order chi connectivity index (χ0) is 20.1. The van der Waals surface area contributed by atoms with Crippen LogP contribution in [0.5, 0.6) is 11.9 Å². The lowest BCUT2D eigenvalue weighted by molar-refractivity contribution is 0.122. The van der Waals surface area contributed by atoms with Crippen molar-refractivity contribution >= 4 is 17.6 Å². The molecule has 0 bridgehead atoms. The highest BCUT2D eigenvalue weighted by atomic mass is 16.5. The van der Waals surface area contributed by atoms with Gasteiger partial charge >= 0.3 is 6.01 Å². The van der Waals surface area contributed by atoms with Crippen LogP contribution in [0.2, 0.25) is 0 Å². The number of ether oxygens (including phenoxy) is 3. The van der Waals surface area contributed by atoms with Crippen LogP contribution in [0.1, 0.15) is 12.8 Å². The molecule has 2 fully saturated rings. The molecule has 156 valence electrons. The second kappa shape index (κ2) is 9.08. The molecule has 10 nitrogen and oxygen atoms in total. The molecule has 1 unspecified atom stereocenters. The van der Waals surface area contributed by atoms with Gasteiger partial charge in [-0.1, -0.05) is 0 Å². The van der Waals surface area contributed by atoms with E-state index >= 15 is 0 Å². The smallest absolute Gasteiger partial charge is 0.321 e. The zero-order valence-electron chi connectivity index (χ0n) is 16.9. The molecular weight excluding hydrogens is 374 g/mol. The summed E-state index contributed by atoms with van der Waals surface area (Å²) in [6, 6.07) is 4.31. The van der Waals surface area contributed by atoms with Gasteiger partial charge in [0.1, 0.15) is 11.6 Å². The second-order valence-electron chi connectivity index (χ2n) is 7.03. The predicted molar refractivity (Wildman–Crippen MR) is 109 cm³/mol. The molecule has 0 amide bonds. The van der Waals surface area contributed by atoms with Crippen molar-refractivity contribution in [1.29, 1.82) is 0 Å². The fourth-order valence-corrected chi connectivity index (χ4v) is 3.61. The molecule has 0 aromatic carbocycles. The molecule has 2 aromatic heterocycles. The van der Waals surface area contributed by atoms with Crippen molar-refractivity contribution in [2.75, 3.05) is 68.7 Å². The first-order valence-corrected chi connectivity index (χ1v) is 9.89. The number of hydrogen-bond donors (Lipinski definition) is 1. The lowest BCUT2D eigenvalue weighted by Gasteiger charge is -2.34. The first-order valence-electron chi connectivity index (χ1n) is 9.89. The molecule has 0 spiro atoms. The van der Waals surface area contributed by atoms with Crippen LogP contribution in [0.15, 0.2) is 18.3 Å². The Labute approximate surface area is 170 Å². The van der Waals surface area contributed by atoms with Crippen molar-refractivity contribution in [2.24, 2.45) is 0 Å². The van der Waals surface area contributed by atoms with E-state index in [-0.39, 0.29) is 6.04 Å². The van der Waals surface area contributed by atoms with Crippen LogP contribution in [0.4, 0.5) is 17.6 Å². The van der Waals surface area contributed by atoms with Crippen LogP contribution >= 0.6 is 0 Å². The Morgan fingerprint density at radius 2 is 1.93 bits per heavy atom. The monoisotopic (exact) mass is 401 g/mol. The summed E-state index contributed by atoms with van der Waals surface area (Å²) in [6.07, 6.45) is 3.92. The number of rotatable bonds is 6. The van der Waals surface area contributed by atoms with Gasteiger partial charge in [0, 0.05) is 44.5 Å². The summed E-state index contributed by atoms with van der Waals surface area (Å²) in [7, 11) is 3.15. The lowest BCUT2D eigenvalue weighted by atomic mass is 10.1. The summed E-state index contributed by atoms with van der Waals surface area (Å²) >= 11 is 0. The van der Waals surface area contributed by atoms with Gasteiger partial charge in [0.2, 0.25) is 11.8 Å². The SMILES string of the molecule is COc1cc(N2CCCC(Nc3ccnc(N4CCOCC4)n3)C2)nc(OC)n1. The number of aromatic nitrogens is 4. The van der Waals surface area contributed by atoms with Crippen molar-refractivity contribution in [3.05, 3.63) is 18.3 Å². The molecule has 1 atom stereocenters. The molecule has 2 saturated heterocycles.